The van der Waals surface area contributed by atoms with Crippen molar-refractivity contribution in [2.24, 2.45) is 0 Å². The fourth-order valence-electron chi connectivity index (χ4n) is 1.90. The summed E-state index contributed by atoms with van der Waals surface area (Å²) in [6, 6.07) is 0. The summed E-state index contributed by atoms with van der Waals surface area (Å²) < 4.78 is 6.31. The summed E-state index contributed by atoms with van der Waals surface area (Å²) in [5.74, 6) is -2.47. The molecule has 122 valence electrons. The normalized spacial score (nSPS) is 17.3. The summed E-state index contributed by atoms with van der Waals surface area (Å²) >= 11 is 0. The fourth-order valence-corrected chi connectivity index (χ4v) is 1.90. The molecule has 1 unspecified atom stereocenters. The molecule has 2 aromatic rings. The average Bonchev–Trinajstić information content (AvgIpc) is 2.88. The lowest BCUT2D eigenvalue weighted by Gasteiger charge is -2.30. The predicted molar refractivity (Wildman–Crippen MR) is 74.2 cm³/mol. The van der Waals surface area contributed by atoms with Gasteiger partial charge in [0.1, 0.15) is 18.4 Å². The molecule has 3 atom stereocenters. The van der Waals surface area contributed by atoms with Gasteiger partial charge >= 0.3 is 0 Å². The van der Waals surface area contributed by atoms with E-state index in [4.69, 9.17) is 16.2 Å². The van der Waals surface area contributed by atoms with E-state index in [2.05, 4.69) is 15.1 Å². The molecule has 8 N–H and O–H groups in total. The largest absolute Gasteiger partial charge is 0.394 e. The minimum atomic E-state index is -2.28. The van der Waals surface area contributed by atoms with Gasteiger partial charge in [-0.3, -0.25) is 0 Å². The summed E-state index contributed by atoms with van der Waals surface area (Å²) in [6.45, 7) is -0.0882. The minimum absolute atomic E-state index is 0.0201. The maximum atomic E-state index is 10.5. The van der Waals surface area contributed by atoms with Crippen molar-refractivity contribution in [3.05, 3.63) is 11.9 Å². The molecule has 11 heteroatoms. The highest BCUT2D eigenvalue weighted by molar-refractivity contribution is 5.60. The molecule has 0 amide bonds. The summed E-state index contributed by atoms with van der Waals surface area (Å²) in [5, 5.41) is 42.6. The lowest BCUT2D eigenvalue weighted by atomic mass is 10.2. The smallest absolute Gasteiger partial charge is 0.240 e. The van der Waals surface area contributed by atoms with E-state index in [1.54, 1.807) is 0 Å². The van der Waals surface area contributed by atoms with Gasteiger partial charge in [0.15, 0.2) is 11.5 Å². The quantitative estimate of drug-likeness (QED) is 0.304. The van der Waals surface area contributed by atoms with Crippen LogP contribution in [0, 0.1) is 0 Å². The first kappa shape index (κ1) is 16.3. The average molecular weight is 314 g/mol. The molecule has 0 radical (unpaired) electrons. The van der Waals surface area contributed by atoms with Gasteiger partial charge in [-0.15, -0.1) is 5.10 Å². The van der Waals surface area contributed by atoms with Crippen LogP contribution in [-0.4, -0.2) is 65.4 Å². The van der Waals surface area contributed by atoms with Crippen molar-refractivity contribution in [2.45, 2.75) is 24.9 Å². The third kappa shape index (κ3) is 2.80. The van der Waals surface area contributed by atoms with Gasteiger partial charge in [0.2, 0.25) is 11.7 Å². The van der Waals surface area contributed by atoms with Crippen LogP contribution in [0.5, 0.6) is 0 Å². The number of nitrogens with two attached hydrogens (primary N) is 2. The molecule has 0 saturated carbocycles. The number of nitrogen functional groups attached to an aromatic ring is 2. The number of rotatable bonds is 6. The summed E-state index contributed by atoms with van der Waals surface area (Å²) in [6.07, 6.45) is -1.06. The Morgan fingerprint density at radius 2 is 2.09 bits per heavy atom. The van der Waals surface area contributed by atoms with Gasteiger partial charge in [-0.05, 0) is 6.92 Å². The highest BCUT2D eigenvalue weighted by Crippen LogP contribution is 2.26. The highest BCUT2D eigenvalue weighted by atomic mass is 16.7. The maximum Gasteiger partial charge on any atom is 0.240 e. The third-order valence-corrected chi connectivity index (χ3v) is 3.08. The molecule has 0 fully saturated rings. The van der Waals surface area contributed by atoms with Crippen molar-refractivity contribution in [3.8, 4) is 0 Å². The van der Waals surface area contributed by atoms with E-state index in [-0.39, 0.29) is 23.1 Å². The number of hydrogen-bond donors (Lipinski definition) is 6. The van der Waals surface area contributed by atoms with Gasteiger partial charge in [0.25, 0.3) is 0 Å². The third-order valence-electron chi connectivity index (χ3n) is 3.08. The van der Waals surface area contributed by atoms with Crippen molar-refractivity contribution in [1.82, 2.24) is 19.6 Å². The standard InChI is InChI=1S/C11H18N6O5/c1-5(20)6(3-18)22-11(21,4-19)7-2-14-9-8(12)15-10(13)16-17(7)9/h2,5-6,18-21H,3-4H2,1H3,(H4,12,13,15,16)/t5?,6-,11-/m1/s1. The van der Waals surface area contributed by atoms with E-state index in [1.165, 1.54) is 13.1 Å². The van der Waals surface area contributed by atoms with Crippen LogP contribution >= 0.6 is 0 Å². The Hall–Kier alpha value is -2.05. The van der Waals surface area contributed by atoms with Crippen molar-refractivity contribution in [2.75, 3.05) is 24.7 Å². The number of aliphatic hydroxyl groups is 4. The number of fused-ring (bicyclic) bond motifs is 1. The second-order valence-corrected chi connectivity index (χ2v) is 4.76. The first-order valence-electron chi connectivity index (χ1n) is 6.39. The van der Waals surface area contributed by atoms with Gasteiger partial charge < -0.3 is 36.6 Å². The van der Waals surface area contributed by atoms with Crippen LogP contribution in [0.1, 0.15) is 12.6 Å². The topological polar surface area (TPSA) is 185 Å². The van der Waals surface area contributed by atoms with Gasteiger partial charge in [-0.2, -0.15) is 4.98 Å². The number of anilines is 2. The van der Waals surface area contributed by atoms with Crippen LogP contribution in [0.3, 0.4) is 0 Å². The Balaban J connectivity index is 2.51. The van der Waals surface area contributed by atoms with Crippen LogP contribution in [0.4, 0.5) is 11.8 Å². The van der Waals surface area contributed by atoms with E-state index >= 15 is 0 Å². The Labute approximate surface area is 124 Å². The van der Waals surface area contributed by atoms with Crippen LogP contribution in [0.25, 0.3) is 5.65 Å². The molecule has 0 aliphatic rings. The fraction of sp³-hybridized carbons (Fsp3) is 0.545. The van der Waals surface area contributed by atoms with Gasteiger partial charge in [-0.1, -0.05) is 0 Å². The molecule has 0 spiro atoms. The second-order valence-electron chi connectivity index (χ2n) is 4.76. The van der Waals surface area contributed by atoms with Crippen LogP contribution in [0.2, 0.25) is 0 Å². The Morgan fingerprint density at radius 3 is 2.64 bits per heavy atom. The van der Waals surface area contributed by atoms with E-state index in [0.717, 1.165) is 4.52 Å². The number of hydrogen-bond acceptors (Lipinski definition) is 10. The van der Waals surface area contributed by atoms with E-state index in [1.807, 2.05) is 0 Å². The van der Waals surface area contributed by atoms with Gasteiger partial charge in [-0.25, -0.2) is 9.50 Å². The maximum absolute atomic E-state index is 10.5. The molecular weight excluding hydrogens is 296 g/mol. The van der Waals surface area contributed by atoms with Crippen molar-refractivity contribution in [3.63, 3.8) is 0 Å². The second kappa shape index (κ2) is 5.98. The SMILES string of the molecule is CC(O)[C@@H](CO)O[C@](O)(CO)c1cnc2c(N)nc(N)nn12. The van der Waals surface area contributed by atoms with Gasteiger partial charge in [0.05, 0.1) is 18.9 Å². The molecule has 22 heavy (non-hydrogen) atoms. The Kier molecular flexibility index (Phi) is 4.44. The lowest BCUT2D eigenvalue weighted by molar-refractivity contribution is -0.277. The number of ether oxygens (including phenoxy) is 1. The van der Waals surface area contributed by atoms with Gasteiger partial charge in [0, 0.05) is 0 Å². The molecule has 0 aliphatic heterocycles. The highest BCUT2D eigenvalue weighted by Gasteiger charge is 2.38. The van der Waals surface area contributed by atoms with Crippen molar-refractivity contribution in [1.29, 1.82) is 0 Å². The monoisotopic (exact) mass is 314 g/mol. The Morgan fingerprint density at radius 1 is 1.41 bits per heavy atom. The summed E-state index contributed by atoms with van der Waals surface area (Å²) in [5.41, 5.74) is 11.2. The van der Waals surface area contributed by atoms with E-state index in [0.29, 0.717) is 0 Å². The molecule has 0 bridgehead atoms. The van der Waals surface area contributed by atoms with E-state index < -0.39 is 31.2 Å². The Bertz CT molecular complexity index is 662. The molecular formula is C11H18N6O5. The van der Waals surface area contributed by atoms with Crippen LogP contribution < -0.4 is 11.5 Å². The minimum Gasteiger partial charge on any atom is -0.394 e. The zero-order valence-electron chi connectivity index (χ0n) is 11.8. The van der Waals surface area contributed by atoms with Crippen molar-refractivity contribution >= 4 is 17.4 Å². The first-order valence-corrected chi connectivity index (χ1v) is 6.39. The zero-order valence-corrected chi connectivity index (χ0v) is 11.8. The first-order chi connectivity index (χ1) is 10.3. The molecule has 0 saturated heterocycles. The zero-order chi connectivity index (χ0) is 16.5. The number of aromatic nitrogens is 4. The van der Waals surface area contributed by atoms with Crippen LogP contribution in [-0.2, 0) is 10.5 Å². The van der Waals surface area contributed by atoms with Crippen molar-refractivity contribution < 1.29 is 25.2 Å². The molecule has 2 rings (SSSR count). The summed E-state index contributed by atoms with van der Waals surface area (Å²) in [4.78, 5) is 7.66. The van der Waals surface area contributed by atoms with E-state index in [9.17, 15) is 20.4 Å². The predicted octanol–water partition coefficient (Wildman–Crippen LogP) is -2.82. The molecule has 0 aromatic carbocycles. The molecule has 2 heterocycles. The molecule has 2 aromatic heterocycles. The number of imidazole rings is 1. The number of aliphatic hydroxyl groups excluding tert-OH is 3. The number of nitrogens with zero attached hydrogens (tertiary/aromatic N) is 4. The van der Waals surface area contributed by atoms with Crippen LogP contribution in [0.15, 0.2) is 6.20 Å². The lowest BCUT2D eigenvalue weighted by Crippen LogP contribution is -2.44. The summed E-state index contributed by atoms with van der Waals surface area (Å²) in [7, 11) is 0. The molecule has 11 nitrogen and oxygen atoms in total. The molecule has 0 aliphatic carbocycles.